The fraction of sp³-hybridized carbons (Fsp3) is 0.341. The molecule has 1 radical (unpaired) electrons. The van der Waals surface area contributed by atoms with Crippen molar-refractivity contribution in [3.8, 4) is 22.5 Å². The van der Waals surface area contributed by atoms with Crippen LogP contribution in [0.4, 0.5) is 0 Å². The van der Waals surface area contributed by atoms with Gasteiger partial charge in [0.25, 0.3) is 0 Å². The molecule has 8 rings (SSSR count). The Morgan fingerprint density at radius 2 is 1.70 bits per heavy atom. The normalized spacial score (nSPS) is 16.4. The van der Waals surface area contributed by atoms with Gasteiger partial charge in [0, 0.05) is 61.8 Å². The second-order valence-electron chi connectivity index (χ2n) is 14.8. The van der Waals surface area contributed by atoms with Gasteiger partial charge in [-0.05, 0) is 71.5 Å². The van der Waals surface area contributed by atoms with Crippen LogP contribution in [0.15, 0.2) is 77.5 Å². The summed E-state index contributed by atoms with van der Waals surface area (Å²) in [6, 6.07) is 24.5. The molecule has 0 N–H and O–H groups in total. The van der Waals surface area contributed by atoms with E-state index in [1.807, 2.05) is 36.5 Å². The molecule has 5 heterocycles. The second kappa shape index (κ2) is 13.9. The van der Waals surface area contributed by atoms with Crippen molar-refractivity contribution in [1.29, 1.82) is 0 Å². The van der Waals surface area contributed by atoms with Crippen LogP contribution in [0.2, 0.25) is 0 Å². The quantitative estimate of drug-likeness (QED) is 0.166. The van der Waals surface area contributed by atoms with Crippen molar-refractivity contribution in [2.45, 2.75) is 92.8 Å². The Bertz CT molecular complexity index is 2540. The minimum Gasteiger partial charge on any atom is -0.498 e. The number of hydrogen-bond acceptors (Lipinski definition) is 4. The van der Waals surface area contributed by atoms with E-state index in [0.29, 0.717) is 22.4 Å². The van der Waals surface area contributed by atoms with Crippen molar-refractivity contribution < 1.29 is 35.5 Å². The summed E-state index contributed by atoms with van der Waals surface area (Å²) < 4.78 is 72.5. The van der Waals surface area contributed by atoms with Crippen LogP contribution < -0.4 is 0 Å². The maximum Gasteiger partial charge on any atom is 0.146 e. The maximum atomic E-state index is 8.86. The average molecular weight is 847 g/mol. The van der Waals surface area contributed by atoms with E-state index in [1.165, 1.54) is 17.8 Å². The first kappa shape index (κ1) is 26.7. The van der Waals surface area contributed by atoms with Crippen LogP contribution in [-0.2, 0) is 44.9 Å². The van der Waals surface area contributed by atoms with E-state index < -0.39 is 25.5 Å². The number of nitrogens with zero attached hydrogens (tertiary/aromatic N) is 4. The number of fused-ring (bicyclic) bond motifs is 7. The molecule has 0 unspecified atom stereocenters. The fourth-order valence-corrected chi connectivity index (χ4v) is 6.32. The first-order valence-corrected chi connectivity index (χ1v) is 16.8. The molecule has 1 aliphatic heterocycles. The van der Waals surface area contributed by atoms with Crippen LogP contribution in [0.3, 0.4) is 0 Å². The van der Waals surface area contributed by atoms with Crippen molar-refractivity contribution in [1.82, 2.24) is 19.5 Å². The van der Waals surface area contributed by atoms with Gasteiger partial charge in [0.2, 0.25) is 0 Å². The Morgan fingerprint density at radius 3 is 2.40 bits per heavy atom. The fourth-order valence-electron chi connectivity index (χ4n) is 6.32. The maximum absolute atomic E-state index is 8.86. The molecule has 0 aliphatic carbocycles. The SMILES string of the molecule is [2H]C([2H])([2H])c1c[c-]c(-c2ccc(C(C)(C)C)cn2)cc1.[2H]C([2H])([2H])c1cnc(-c2[c-]ccc3c2oc2c3ccc3nc4n(c32)CCCC4)cc1C([2H])([2H])C(C)(C)C.[Ir]. The van der Waals surface area contributed by atoms with Gasteiger partial charge in [-0.25, -0.2) is 4.98 Å². The molecule has 0 amide bonds. The smallest absolute Gasteiger partial charge is 0.146 e. The van der Waals surface area contributed by atoms with Gasteiger partial charge in [-0.3, -0.25) is 0 Å². The Morgan fingerprint density at radius 1 is 0.880 bits per heavy atom. The van der Waals surface area contributed by atoms with Gasteiger partial charge in [-0.2, -0.15) is 0 Å². The summed E-state index contributed by atoms with van der Waals surface area (Å²) in [4.78, 5) is 13.8. The van der Waals surface area contributed by atoms with Gasteiger partial charge >= 0.3 is 0 Å². The first-order valence-electron chi connectivity index (χ1n) is 20.8. The van der Waals surface area contributed by atoms with Crippen molar-refractivity contribution in [2.75, 3.05) is 0 Å². The zero-order chi connectivity index (χ0) is 41.3. The van der Waals surface area contributed by atoms with Crippen molar-refractivity contribution in [2.24, 2.45) is 5.41 Å². The number of imidazole rings is 1. The third-order valence-electron chi connectivity index (χ3n) is 8.80. The molecule has 6 heteroatoms. The van der Waals surface area contributed by atoms with Crippen LogP contribution in [0.5, 0.6) is 0 Å². The number of furan rings is 1. The molecule has 0 saturated carbocycles. The van der Waals surface area contributed by atoms with E-state index in [4.69, 9.17) is 20.4 Å². The average Bonchev–Trinajstić information content (AvgIpc) is 3.72. The summed E-state index contributed by atoms with van der Waals surface area (Å²) in [5, 5.41) is 1.87. The standard InChI is InChI=1S/C28H28N3O.C16H18N.Ir/c1-17-16-29-23(14-18(17)15-28(2,3)4)21-9-7-8-19-20-11-12-22-25(27(20)32-26(19)21)31-13-6-5-10-24(31)30-22;1-12-5-7-13(8-6-12)15-10-9-14(11-17-15)16(2,3)4;/h7-8,11-12,14,16H,5-6,10,13,15H2,1-4H3;5-7,9-11H,1-4H3;/q2*-1;/i1D3,15D2;1D3;. The van der Waals surface area contributed by atoms with E-state index in [1.54, 1.807) is 45.0 Å². The summed E-state index contributed by atoms with van der Waals surface area (Å²) in [6.45, 7) is 8.03. The molecule has 0 bridgehead atoms. The minimum absolute atomic E-state index is 0. The number of aromatic nitrogens is 4. The summed E-state index contributed by atoms with van der Waals surface area (Å²) >= 11 is 0. The number of aryl methyl sites for hydroxylation is 4. The van der Waals surface area contributed by atoms with Gasteiger partial charge < -0.3 is 19.0 Å². The monoisotopic (exact) mass is 847 g/mol. The molecule has 0 spiro atoms. The summed E-state index contributed by atoms with van der Waals surface area (Å²) in [5.41, 5.74) is 6.58. The molecule has 0 atom stereocenters. The Labute approximate surface area is 321 Å². The van der Waals surface area contributed by atoms with E-state index in [9.17, 15) is 0 Å². The van der Waals surface area contributed by atoms with Crippen LogP contribution in [-0.4, -0.2) is 19.5 Å². The molecule has 0 saturated heterocycles. The molecule has 1 aliphatic rings. The molecule has 259 valence electrons. The molecule has 4 aromatic heterocycles. The van der Waals surface area contributed by atoms with Crippen molar-refractivity contribution in [3.05, 3.63) is 113 Å². The Hall–Kier alpha value is -4.12. The Kier molecular flexibility index (Phi) is 7.40. The predicted octanol–water partition coefficient (Wildman–Crippen LogP) is 11.2. The number of hydrogen-bond donors (Lipinski definition) is 0. The van der Waals surface area contributed by atoms with Gasteiger partial charge in [-0.1, -0.05) is 83.1 Å². The van der Waals surface area contributed by atoms with Gasteiger partial charge in [0.15, 0.2) is 0 Å². The Balaban J connectivity index is 0.000000230. The largest absolute Gasteiger partial charge is 0.498 e. The van der Waals surface area contributed by atoms with Crippen LogP contribution in [0.25, 0.3) is 55.5 Å². The summed E-state index contributed by atoms with van der Waals surface area (Å²) in [5.74, 6) is 1.08. The minimum atomic E-state index is -2.50. The van der Waals surface area contributed by atoms with Crippen LogP contribution in [0, 0.1) is 31.3 Å². The van der Waals surface area contributed by atoms with Gasteiger partial charge in [0.05, 0.1) is 11.1 Å². The topological polar surface area (TPSA) is 56.7 Å². The number of benzene rings is 3. The van der Waals surface area contributed by atoms with E-state index in [2.05, 4.69) is 47.4 Å². The molecule has 0 fully saturated rings. The number of rotatable bonds is 3. The zero-order valence-electron chi connectivity index (χ0n) is 37.3. The van der Waals surface area contributed by atoms with Gasteiger partial charge in [-0.15, -0.1) is 53.6 Å². The van der Waals surface area contributed by atoms with Crippen molar-refractivity contribution in [3.63, 3.8) is 0 Å². The van der Waals surface area contributed by atoms with Gasteiger partial charge in [0.1, 0.15) is 16.9 Å². The zero-order valence-corrected chi connectivity index (χ0v) is 31.7. The van der Waals surface area contributed by atoms with E-state index >= 15 is 0 Å². The second-order valence-corrected chi connectivity index (χ2v) is 14.8. The molecular weight excluding hydrogens is 793 g/mol. The van der Waals surface area contributed by atoms with Crippen LogP contribution >= 0.6 is 0 Å². The third-order valence-corrected chi connectivity index (χ3v) is 8.80. The number of pyridine rings is 2. The summed E-state index contributed by atoms with van der Waals surface area (Å²) in [7, 11) is 0. The molecular formula is C44H46IrN4O-2. The third kappa shape index (κ3) is 7.20. The molecule has 7 aromatic rings. The van der Waals surface area contributed by atoms with E-state index in [-0.39, 0.29) is 36.6 Å². The molecule has 3 aromatic carbocycles. The predicted molar refractivity (Wildman–Crippen MR) is 202 cm³/mol. The first-order chi connectivity index (χ1) is 26.6. The van der Waals surface area contributed by atoms with Crippen molar-refractivity contribution >= 4 is 33.0 Å². The molecule has 50 heavy (non-hydrogen) atoms. The molecule has 5 nitrogen and oxygen atoms in total. The van der Waals surface area contributed by atoms with Crippen LogP contribution in [0.1, 0.15) is 93.4 Å². The van der Waals surface area contributed by atoms with E-state index in [0.717, 1.165) is 70.3 Å². The summed E-state index contributed by atoms with van der Waals surface area (Å²) in [6.07, 6.45) is 4.41.